The van der Waals surface area contributed by atoms with Gasteiger partial charge in [0.15, 0.2) is 6.04 Å². The van der Waals surface area contributed by atoms with Crippen molar-refractivity contribution in [3.05, 3.63) is 35.9 Å². The summed E-state index contributed by atoms with van der Waals surface area (Å²) in [6.45, 7) is 4.24. The van der Waals surface area contributed by atoms with Gasteiger partial charge in [-0.1, -0.05) is 30.3 Å². The van der Waals surface area contributed by atoms with Gasteiger partial charge >= 0.3 is 11.9 Å². The summed E-state index contributed by atoms with van der Waals surface area (Å²) in [5.74, 6) is 5.33. The molecule has 0 N–H and O–H groups in total. The molecule has 1 unspecified atom stereocenters. The van der Waals surface area contributed by atoms with Crippen LogP contribution in [0.2, 0.25) is 0 Å². The standard InChI is InChI=1S/C20H25NO4/c1-3-24-19(22)15-11-6-5-10-14-18(20(23)25-4-2)21-16-17-12-8-7-9-13-17/h7-9,12-13,16,18H,3-4,6,11,14-15H2,1-2H3. The molecule has 0 fully saturated rings. The van der Waals surface area contributed by atoms with Gasteiger partial charge < -0.3 is 9.47 Å². The highest BCUT2D eigenvalue weighted by atomic mass is 16.5. The number of benzene rings is 1. The van der Waals surface area contributed by atoms with Gasteiger partial charge in [0.05, 0.1) is 13.2 Å². The maximum atomic E-state index is 12.0. The molecule has 0 aliphatic rings. The summed E-state index contributed by atoms with van der Waals surface area (Å²) in [4.78, 5) is 27.5. The lowest BCUT2D eigenvalue weighted by Gasteiger charge is -2.08. The minimum absolute atomic E-state index is 0.207. The van der Waals surface area contributed by atoms with Crippen molar-refractivity contribution in [3.8, 4) is 11.8 Å². The second-order valence-corrected chi connectivity index (χ2v) is 5.17. The van der Waals surface area contributed by atoms with Crippen LogP contribution in [0, 0.1) is 11.8 Å². The number of aliphatic imine (C=N–C) groups is 1. The number of hydrogen-bond donors (Lipinski definition) is 0. The molecule has 1 aromatic rings. The lowest BCUT2D eigenvalue weighted by atomic mass is 10.2. The minimum Gasteiger partial charge on any atom is -0.466 e. The molecular weight excluding hydrogens is 318 g/mol. The highest BCUT2D eigenvalue weighted by molar-refractivity contribution is 5.84. The highest BCUT2D eigenvalue weighted by Crippen LogP contribution is 2.03. The van der Waals surface area contributed by atoms with E-state index in [0.717, 1.165) is 5.56 Å². The fourth-order valence-corrected chi connectivity index (χ4v) is 1.96. The Morgan fingerprint density at radius 3 is 2.52 bits per heavy atom. The van der Waals surface area contributed by atoms with Crippen LogP contribution < -0.4 is 0 Å². The van der Waals surface area contributed by atoms with Gasteiger partial charge in [-0.05, 0) is 25.8 Å². The number of rotatable bonds is 9. The smallest absolute Gasteiger partial charge is 0.331 e. The molecule has 1 atom stereocenters. The molecule has 0 bridgehead atoms. The van der Waals surface area contributed by atoms with Gasteiger partial charge in [-0.2, -0.15) is 0 Å². The van der Waals surface area contributed by atoms with Crippen LogP contribution in [0.3, 0.4) is 0 Å². The van der Waals surface area contributed by atoms with E-state index >= 15 is 0 Å². The highest BCUT2D eigenvalue weighted by Gasteiger charge is 2.16. The van der Waals surface area contributed by atoms with Crippen molar-refractivity contribution >= 4 is 18.2 Å². The first kappa shape index (κ1) is 20.4. The van der Waals surface area contributed by atoms with E-state index in [1.54, 1.807) is 20.1 Å². The molecule has 0 saturated carbocycles. The van der Waals surface area contributed by atoms with Crippen LogP contribution in [0.1, 0.15) is 45.1 Å². The van der Waals surface area contributed by atoms with Crippen molar-refractivity contribution in [1.82, 2.24) is 0 Å². The van der Waals surface area contributed by atoms with E-state index in [2.05, 4.69) is 16.8 Å². The van der Waals surface area contributed by atoms with Gasteiger partial charge in [-0.15, -0.1) is 11.8 Å². The third-order valence-electron chi connectivity index (χ3n) is 3.17. The van der Waals surface area contributed by atoms with Crippen molar-refractivity contribution in [2.75, 3.05) is 13.2 Å². The largest absolute Gasteiger partial charge is 0.466 e. The molecule has 0 aromatic heterocycles. The monoisotopic (exact) mass is 343 g/mol. The number of unbranched alkanes of at least 4 members (excludes halogenated alkanes) is 1. The Labute approximate surface area is 149 Å². The Bertz CT molecular complexity index is 614. The van der Waals surface area contributed by atoms with Crippen LogP contribution in [-0.2, 0) is 19.1 Å². The zero-order valence-electron chi connectivity index (χ0n) is 14.9. The number of carbonyl (C=O) groups is 2. The topological polar surface area (TPSA) is 65.0 Å². The van der Waals surface area contributed by atoms with Crippen LogP contribution in [0.5, 0.6) is 0 Å². The van der Waals surface area contributed by atoms with E-state index in [-0.39, 0.29) is 11.9 Å². The first-order valence-electron chi connectivity index (χ1n) is 8.53. The minimum atomic E-state index is -0.641. The molecule has 0 aliphatic heterocycles. The normalized spacial score (nSPS) is 11.4. The Kier molecular flexibility index (Phi) is 10.4. The van der Waals surface area contributed by atoms with Crippen molar-refractivity contribution in [2.45, 2.75) is 45.6 Å². The molecular formula is C20H25NO4. The Morgan fingerprint density at radius 2 is 1.84 bits per heavy atom. The number of nitrogens with zero attached hydrogens (tertiary/aromatic N) is 1. The molecule has 134 valence electrons. The third kappa shape index (κ3) is 9.31. The average molecular weight is 343 g/mol. The summed E-state index contributed by atoms with van der Waals surface area (Å²) in [6.07, 6.45) is 3.53. The van der Waals surface area contributed by atoms with Crippen molar-refractivity contribution in [3.63, 3.8) is 0 Å². The summed E-state index contributed by atoms with van der Waals surface area (Å²) < 4.78 is 9.90. The quantitative estimate of drug-likeness (QED) is 0.299. The second kappa shape index (κ2) is 12.8. The van der Waals surface area contributed by atoms with Gasteiger partial charge in [0, 0.05) is 25.5 Å². The molecule has 1 rings (SSSR count). The van der Waals surface area contributed by atoms with E-state index in [4.69, 9.17) is 9.47 Å². The van der Waals surface area contributed by atoms with Crippen LogP contribution in [-0.4, -0.2) is 37.4 Å². The van der Waals surface area contributed by atoms with Crippen LogP contribution in [0.15, 0.2) is 35.3 Å². The molecule has 0 radical (unpaired) electrons. The molecule has 0 heterocycles. The zero-order valence-corrected chi connectivity index (χ0v) is 14.9. The lowest BCUT2D eigenvalue weighted by molar-refractivity contribution is -0.144. The van der Waals surface area contributed by atoms with Crippen molar-refractivity contribution in [2.24, 2.45) is 4.99 Å². The third-order valence-corrected chi connectivity index (χ3v) is 3.17. The van der Waals surface area contributed by atoms with E-state index in [1.165, 1.54) is 0 Å². The van der Waals surface area contributed by atoms with Crippen LogP contribution in [0.25, 0.3) is 0 Å². The number of carbonyl (C=O) groups excluding carboxylic acids is 2. The summed E-state index contributed by atoms with van der Waals surface area (Å²) in [7, 11) is 0. The Hall–Kier alpha value is -2.61. The van der Waals surface area contributed by atoms with Crippen molar-refractivity contribution in [1.29, 1.82) is 0 Å². The van der Waals surface area contributed by atoms with Crippen LogP contribution >= 0.6 is 0 Å². The SMILES string of the molecule is CCOC(=O)CCCC#CCC(N=Cc1ccccc1)C(=O)OCC. The van der Waals surface area contributed by atoms with Crippen molar-refractivity contribution < 1.29 is 19.1 Å². The van der Waals surface area contributed by atoms with Crippen LogP contribution in [0.4, 0.5) is 0 Å². The number of ether oxygens (including phenoxy) is 2. The Morgan fingerprint density at radius 1 is 1.12 bits per heavy atom. The number of esters is 2. The maximum absolute atomic E-state index is 12.0. The first-order chi connectivity index (χ1) is 12.2. The predicted molar refractivity (Wildman–Crippen MR) is 97.3 cm³/mol. The lowest BCUT2D eigenvalue weighted by Crippen LogP contribution is -2.21. The molecule has 5 heteroatoms. The average Bonchev–Trinajstić information content (AvgIpc) is 2.61. The fraction of sp³-hybridized carbons (Fsp3) is 0.450. The molecule has 1 aromatic carbocycles. The summed E-state index contributed by atoms with van der Waals surface area (Å²) in [5.41, 5.74) is 0.916. The molecule has 25 heavy (non-hydrogen) atoms. The Balaban J connectivity index is 2.52. The van der Waals surface area contributed by atoms with E-state index in [9.17, 15) is 9.59 Å². The van der Waals surface area contributed by atoms with Gasteiger partial charge in [0.2, 0.25) is 0 Å². The first-order valence-corrected chi connectivity index (χ1v) is 8.53. The molecule has 5 nitrogen and oxygen atoms in total. The van der Waals surface area contributed by atoms with E-state index in [1.807, 2.05) is 30.3 Å². The zero-order chi connectivity index (χ0) is 18.3. The summed E-state index contributed by atoms with van der Waals surface area (Å²) in [6, 6.07) is 8.91. The summed E-state index contributed by atoms with van der Waals surface area (Å²) >= 11 is 0. The second-order valence-electron chi connectivity index (χ2n) is 5.17. The number of hydrogen-bond acceptors (Lipinski definition) is 5. The molecule has 0 aliphatic carbocycles. The molecule has 0 amide bonds. The van der Waals surface area contributed by atoms with E-state index < -0.39 is 6.04 Å². The van der Waals surface area contributed by atoms with E-state index in [0.29, 0.717) is 38.9 Å². The maximum Gasteiger partial charge on any atom is 0.331 e. The van der Waals surface area contributed by atoms with Gasteiger partial charge in [0.1, 0.15) is 0 Å². The van der Waals surface area contributed by atoms with Gasteiger partial charge in [-0.3, -0.25) is 9.79 Å². The molecule has 0 saturated heterocycles. The summed E-state index contributed by atoms with van der Waals surface area (Å²) in [5, 5.41) is 0. The fourth-order valence-electron chi connectivity index (χ4n) is 1.96. The molecule has 0 spiro atoms. The predicted octanol–water partition coefficient (Wildman–Crippen LogP) is 3.16. The van der Waals surface area contributed by atoms with Gasteiger partial charge in [-0.25, -0.2) is 4.79 Å². The van der Waals surface area contributed by atoms with Gasteiger partial charge in [0.25, 0.3) is 0 Å².